The van der Waals surface area contributed by atoms with Crippen LogP contribution in [0.2, 0.25) is 0 Å². The second-order valence-corrected chi connectivity index (χ2v) is 5.50. The Morgan fingerprint density at radius 3 is 2.46 bits per heavy atom. The van der Waals surface area contributed by atoms with Gasteiger partial charge in [-0.15, -0.1) is 0 Å². The molecule has 3 aromatic rings. The number of fused-ring (bicyclic) bond motifs is 1. The van der Waals surface area contributed by atoms with E-state index in [2.05, 4.69) is 0 Å². The van der Waals surface area contributed by atoms with Crippen molar-refractivity contribution in [3.05, 3.63) is 64.0 Å². The molecular formula is C19H18O5. The molecule has 2 aromatic carbocycles. The Kier molecular flexibility index (Phi) is 4.16. The number of ether oxygens (including phenoxy) is 2. The van der Waals surface area contributed by atoms with E-state index in [-0.39, 0.29) is 22.8 Å². The number of phenolic OH excluding ortho intramolecular Hbond substituents is 1. The maximum absolute atomic E-state index is 12.4. The summed E-state index contributed by atoms with van der Waals surface area (Å²) < 4.78 is 16.3. The zero-order chi connectivity index (χ0) is 17.3. The van der Waals surface area contributed by atoms with Gasteiger partial charge in [0.15, 0.2) is 16.9 Å². The van der Waals surface area contributed by atoms with Gasteiger partial charge in [-0.3, -0.25) is 4.79 Å². The molecular weight excluding hydrogens is 308 g/mol. The summed E-state index contributed by atoms with van der Waals surface area (Å²) in [7, 11) is 3.03. The Morgan fingerprint density at radius 2 is 1.75 bits per heavy atom. The first-order valence-corrected chi connectivity index (χ1v) is 7.52. The van der Waals surface area contributed by atoms with Crippen LogP contribution in [-0.2, 0) is 0 Å². The molecule has 0 amide bonds. The molecule has 1 aromatic heterocycles. The maximum atomic E-state index is 12.4. The quantitative estimate of drug-likeness (QED) is 0.792. The summed E-state index contributed by atoms with van der Waals surface area (Å²) in [6, 6.07) is 11.9. The van der Waals surface area contributed by atoms with Crippen LogP contribution in [0.1, 0.15) is 24.2 Å². The molecule has 24 heavy (non-hydrogen) atoms. The van der Waals surface area contributed by atoms with Crippen LogP contribution < -0.4 is 14.9 Å². The predicted octanol–water partition coefficient (Wildman–Crippen LogP) is 3.67. The highest BCUT2D eigenvalue weighted by atomic mass is 16.5. The van der Waals surface area contributed by atoms with Gasteiger partial charge in [0, 0.05) is 23.6 Å². The fourth-order valence-corrected chi connectivity index (χ4v) is 2.74. The first kappa shape index (κ1) is 15.9. The Morgan fingerprint density at radius 1 is 1.04 bits per heavy atom. The van der Waals surface area contributed by atoms with E-state index < -0.39 is 0 Å². The molecule has 5 heteroatoms. The van der Waals surface area contributed by atoms with Crippen molar-refractivity contribution in [2.75, 3.05) is 14.2 Å². The summed E-state index contributed by atoms with van der Waals surface area (Å²) in [5.41, 5.74) is 1.05. The number of hydrogen-bond donors (Lipinski definition) is 1. The summed E-state index contributed by atoms with van der Waals surface area (Å²) in [5.74, 6) is 1.21. The molecule has 0 aliphatic rings. The lowest BCUT2D eigenvalue weighted by Gasteiger charge is -2.15. The van der Waals surface area contributed by atoms with Gasteiger partial charge in [0.05, 0.1) is 19.6 Å². The Bertz CT molecular complexity index is 942. The van der Waals surface area contributed by atoms with Gasteiger partial charge in [-0.05, 0) is 12.1 Å². The second-order valence-electron chi connectivity index (χ2n) is 5.50. The molecule has 5 nitrogen and oxygen atoms in total. The van der Waals surface area contributed by atoms with Crippen molar-refractivity contribution in [3.63, 3.8) is 0 Å². The fraction of sp³-hybridized carbons (Fsp3) is 0.211. The van der Waals surface area contributed by atoms with Gasteiger partial charge in [-0.2, -0.15) is 0 Å². The molecule has 1 atom stereocenters. The average molecular weight is 326 g/mol. The van der Waals surface area contributed by atoms with E-state index in [9.17, 15) is 9.90 Å². The SMILES string of the molecule is COc1cc2c(=O)cc(C(C)c3ccccc3OC)oc2cc1O. The molecule has 0 bridgehead atoms. The maximum Gasteiger partial charge on any atom is 0.193 e. The zero-order valence-electron chi connectivity index (χ0n) is 13.7. The number of methoxy groups -OCH3 is 2. The van der Waals surface area contributed by atoms with Crippen LogP contribution in [0.4, 0.5) is 0 Å². The highest BCUT2D eigenvalue weighted by molar-refractivity contribution is 5.80. The van der Waals surface area contributed by atoms with Crippen LogP contribution in [0.25, 0.3) is 11.0 Å². The van der Waals surface area contributed by atoms with Crippen LogP contribution >= 0.6 is 0 Å². The summed E-state index contributed by atoms with van der Waals surface area (Å²) >= 11 is 0. The molecule has 0 radical (unpaired) electrons. The minimum Gasteiger partial charge on any atom is -0.504 e. The van der Waals surface area contributed by atoms with E-state index in [0.717, 1.165) is 11.3 Å². The van der Waals surface area contributed by atoms with Crippen molar-refractivity contribution in [2.45, 2.75) is 12.8 Å². The van der Waals surface area contributed by atoms with Crippen LogP contribution in [0.3, 0.4) is 0 Å². The van der Waals surface area contributed by atoms with E-state index in [1.807, 2.05) is 31.2 Å². The molecule has 1 heterocycles. The first-order chi connectivity index (χ1) is 11.5. The van der Waals surface area contributed by atoms with Gasteiger partial charge >= 0.3 is 0 Å². The number of rotatable bonds is 4. The molecule has 0 fully saturated rings. The molecule has 0 aliphatic carbocycles. The third kappa shape index (κ3) is 2.69. The third-order valence-corrected chi connectivity index (χ3v) is 4.08. The molecule has 1 unspecified atom stereocenters. The largest absolute Gasteiger partial charge is 0.504 e. The van der Waals surface area contributed by atoms with Crippen molar-refractivity contribution in [3.8, 4) is 17.2 Å². The zero-order valence-corrected chi connectivity index (χ0v) is 13.7. The molecule has 0 aliphatic heterocycles. The third-order valence-electron chi connectivity index (χ3n) is 4.08. The molecule has 0 spiro atoms. The summed E-state index contributed by atoms with van der Waals surface area (Å²) in [5, 5.41) is 10.3. The summed E-state index contributed by atoms with van der Waals surface area (Å²) in [6.07, 6.45) is 0. The monoisotopic (exact) mass is 326 g/mol. The van der Waals surface area contributed by atoms with Crippen molar-refractivity contribution in [2.24, 2.45) is 0 Å². The smallest absolute Gasteiger partial charge is 0.193 e. The minimum absolute atomic E-state index is 0.0738. The van der Waals surface area contributed by atoms with Crippen molar-refractivity contribution in [1.82, 2.24) is 0 Å². The number of aromatic hydroxyl groups is 1. The highest BCUT2D eigenvalue weighted by Gasteiger charge is 2.18. The summed E-state index contributed by atoms with van der Waals surface area (Å²) in [4.78, 5) is 12.4. The van der Waals surface area contributed by atoms with Crippen molar-refractivity contribution >= 4 is 11.0 Å². The molecule has 0 saturated carbocycles. The normalized spacial score (nSPS) is 12.1. The number of para-hydroxylation sites is 1. The predicted molar refractivity (Wildman–Crippen MR) is 91.2 cm³/mol. The van der Waals surface area contributed by atoms with E-state index >= 15 is 0 Å². The van der Waals surface area contributed by atoms with E-state index in [1.54, 1.807) is 7.11 Å². The van der Waals surface area contributed by atoms with E-state index in [4.69, 9.17) is 13.9 Å². The van der Waals surface area contributed by atoms with Gasteiger partial charge in [0.25, 0.3) is 0 Å². The Hall–Kier alpha value is -2.95. The lowest BCUT2D eigenvalue weighted by atomic mass is 9.97. The van der Waals surface area contributed by atoms with Crippen LogP contribution in [0, 0.1) is 0 Å². The lowest BCUT2D eigenvalue weighted by Crippen LogP contribution is -2.06. The van der Waals surface area contributed by atoms with Gasteiger partial charge in [-0.25, -0.2) is 0 Å². The minimum atomic E-state index is -0.189. The van der Waals surface area contributed by atoms with Crippen LogP contribution in [0.15, 0.2) is 51.7 Å². The van der Waals surface area contributed by atoms with Gasteiger partial charge in [0.1, 0.15) is 17.1 Å². The fourth-order valence-electron chi connectivity index (χ4n) is 2.74. The highest BCUT2D eigenvalue weighted by Crippen LogP contribution is 2.34. The summed E-state index contributed by atoms with van der Waals surface area (Å²) in [6.45, 7) is 1.94. The standard InChI is InChI=1S/C19H18O5/c1-11(12-6-4-5-7-16(12)22-2)17-9-14(20)13-8-19(23-3)15(21)10-18(13)24-17/h4-11,21H,1-3H3. The van der Waals surface area contributed by atoms with Crippen LogP contribution in [-0.4, -0.2) is 19.3 Å². The molecule has 3 rings (SSSR count). The van der Waals surface area contributed by atoms with Gasteiger partial charge in [0.2, 0.25) is 0 Å². The molecule has 0 saturated heterocycles. The number of phenols is 1. The van der Waals surface area contributed by atoms with Gasteiger partial charge in [-0.1, -0.05) is 25.1 Å². The second kappa shape index (κ2) is 6.28. The number of hydrogen-bond acceptors (Lipinski definition) is 5. The van der Waals surface area contributed by atoms with E-state index in [1.165, 1.54) is 25.3 Å². The Balaban J connectivity index is 2.15. The van der Waals surface area contributed by atoms with Crippen LogP contribution in [0.5, 0.6) is 17.2 Å². The molecule has 1 N–H and O–H groups in total. The van der Waals surface area contributed by atoms with Crippen molar-refractivity contribution in [1.29, 1.82) is 0 Å². The van der Waals surface area contributed by atoms with Crippen molar-refractivity contribution < 1.29 is 19.0 Å². The van der Waals surface area contributed by atoms with E-state index in [0.29, 0.717) is 16.7 Å². The first-order valence-electron chi connectivity index (χ1n) is 7.52. The molecule has 124 valence electrons. The topological polar surface area (TPSA) is 68.9 Å². The average Bonchev–Trinajstić information content (AvgIpc) is 2.60. The number of benzene rings is 2. The Labute approximate surface area is 139 Å². The lowest BCUT2D eigenvalue weighted by molar-refractivity contribution is 0.373. The van der Waals surface area contributed by atoms with Gasteiger partial charge < -0.3 is 19.0 Å².